The number of hydrogen-bond acceptors (Lipinski definition) is 5. The summed E-state index contributed by atoms with van der Waals surface area (Å²) in [4.78, 5) is 11.3. The Balaban J connectivity index is 2.47. The number of hydrogen-bond donors (Lipinski definition) is 3. The first-order valence-electron chi connectivity index (χ1n) is 6.89. The van der Waals surface area contributed by atoms with Crippen LogP contribution in [-0.4, -0.2) is 44.3 Å². The molecule has 0 spiro atoms. The Morgan fingerprint density at radius 2 is 2.10 bits per heavy atom. The topological polar surface area (TPSA) is 119 Å². The van der Waals surface area contributed by atoms with Crippen molar-refractivity contribution in [3.05, 3.63) is 29.8 Å². The lowest BCUT2D eigenvalue weighted by Gasteiger charge is -2.11. The van der Waals surface area contributed by atoms with E-state index >= 15 is 0 Å². The predicted molar refractivity (Wildman–Crippen MR) is 78.7 cm³/mol. The monoisotopic (exact) mass is 317 g/mol. The van der Waals surface area contributed by atoms with Crippen molar-refractivity contribution in [3.63, 3.8) is 0 Å². The van der Waals surface area contributed by atoms with Gasteiger partial charge in [0.15, 0.2) is 0 Å². The summed E-state index contributed by atoms with van der Waals surface area (Å²) in [5.41, 5.74) is 4.95. The molecule has 0 heterocycles. The second-order valence-electron chi connectivity index (χ2n) is 4.39. The third-order valence-electron chi connectivity index (χ3n) is 2.68. The van der Waals surface area contributed by atoms with Crippen LogP contribution in [0.3, 0.4) is 0 Å². The molecular weight excluding hydrogens is 296 g/mol. The van der Waals surface area contributed by atoms with Gasteiger partial charge in [0.05, 0.1) is 18.4 Å². The number of ether oxygens (including phenoxy) is 1. The van der Waals surface area contributed by atoms with Crippen LogP contribution in [0.5, 0.6) is 5.75 Å². The molecule has 0 saturated heterocycles. The van der Waals surface area contributed by atoms with E-state index in [1.165, 1.54) is 7.05 Å². The van der Waals surface area contributed by atoms with Crippen LogP contribution in [0.1, 0.15) is 13.4 Å². The van der Waals surface area contributed by atoms with E-state index < -0.39 is 21.9 Å². The van der Waals surface area contributed by atoms with E-state index in [9.17, 15) is 13.2 Å². The third-order valence-corrected chi connectivity index (χ3v) is 3.33. The van der Waals surface area contributed by atoms with Gasteiger partial charge in [0.2, 0.25) is 5.91 Å². The molecule has 0 radical (unpaired) electrons. The van der Waals surface area contributed by atoms with Crippen LogP contribution in [0.25, 0.3) is 0 Å². The highest BCUT2D eigenvalue weighted by molar-refractivity contribution is 7.85. The lowest BCUT2D eigenvalue weighted by molar-refractivity contribution is -0.121. The summed E-state index contributed by atoms with van der Waals surface area (Å²) in [6, 6.07) is 6.20. The molecule has 1 aromatic carbocycles. The Kier molecular flexibility index (Phi) is 5.97. The Morgan fingerprint density at radius 1 is 1.48 bits per heavy atom. The minimum atomic E-state index is -4.35. The van der Waals surface area contributed by atoms with Crippen molar-refractivity contribution in [2.45, 2.75) is 18.9 Å². The van der Waals surface area contributed by atoms with E-state index in [1.807, 2.05) is 0 Å². The smallest absolute Gasteiger partial charge is 0.264 e. The quantitative estimate of drug-likeness (QED) is 0.579. The minimum Gasteiger partial charge on any atom is -0.494 e. The summed E-state index contributed by atoms with van der Waals surface area (Å²) in [6.07, 6.45) is 0.250. The highest BCUT2D eigenvalue weighted by Gasteiger charge is 2.12. The maximum absolute atomic E-state index is 11.3. The molecule has 0 aliphatic heterocycles. The molecule has 0 aliphatic carbocycles. The van der Waals surface area contributed by atoms with Crippen molar-refractivity contribution in [2.24, 2.45) is 5.73 Å². The number of likely N-dealkylation sites (N-methyl/N-ethyl adjacent to an activating group) is 1. The van der Waals surface area contributed by atoms with Gasteiger partial charge < -0.3 is 15.8 Å². The summed E-state index contributed by atoms with van der Waals surface area (Å²) >= 11 is 0. The zero-order chi connectivity index (χ0) is 16.8. The molecule has 0 bridgehead atoms. The van der Waals surface area contributed by atoms with E-state index in [4.69, 9.17) is 16.4 Å². The molecule has 0 aliphatic rings. The van der Waals surface area contributed by atoms with Crippen molar-refractivity contribution in [1.29, 1.82) is 0 Å². The van der Waals surface area contributed by atoms with Gasteiger partial charge in [0.1, 0.15) is 5.75 Å². The van der Waals surface area contributed by atoms with Gasteiger partial charge in [-0.2, -0.15) is 8.42 Å². The summed E-state index contributed by atoms with van der Waals surface area (Å²) in [5.74, 6) is 0.256. The Labute approximate surface area is 125 Å². The molecule has 0 fully saturated rings. The fourth-order valence-corrected chi connectivity index (χ4v) is 2.02. The first-order valence-corrected chi connectivity index (χ1v) is 7.82. The zero-order valence-corrected chi connectivity index (χ0v) is 12.5. The average molecular weight is 317 g/mol. The van der Waals surface area contributed by atoms with Crippen LogP contribution in [0, 0.1) is 0 Å². The number of carbonyl (C=O) groups excluding carboxylic acids is 1. The van der Waals surface area contributed by atoms with Gasteiger partial charge in [0.25, 0.3) is 10.1 Å². The lowest BCUT2D eigenvalue weighted by Crippen LogP contribution is -2.40. The molecule has 1 rings (SSSR count). The van der Waals surface area contributed by atoms with E-state index in [2.05, 4.69) is 5.32 Å². The molecule has 7 nitrogen and oxygen atoms in total. The van der Waals surface area contributed by atoms with Crippen molar-refractivity contribution in [3.8, 4) is 5.75 Å². The molecule has 118 valence electrons. The number of nitrogens with two attached hydrogens (primary N) is 1. The number of benzene rings is 1. The lowest BCUT2D eigenvalue weighted by atomic mass is 10.1. The molecule has 2 atom stereocenters. The zero-order valence-electron chi connectivity index (χ0n) is 12.7. The van der Waals surface area contributed by atoms with Gasteiger partial charge in [-0.3, -0.25) is 9.35 Å². The predicted octanol–water partition coefficient (Wildman–Crippen LogP) is -0.0409. The molecule has 1 unspecified atom stereocenters. The molecule has 1 amide bonds. The summed E-state index contributed by atoms with van der Waals surface area (Å²) in [6.45, 7) is -0.00887. The highest BCUT2D eigenvalue weighted by Crippen LogP contribution is 2.13. The van der Waals surface area contributed by atoms with Crippen LogP contribution in [-0.2, 0) is 21.3 Å². The van der Waals surface area contributed by atoms with Crippen LogP contribution < -0.4 is 15.8 Å². The molecule has 21 heavy (non-hydrogen) atoms. The molecule has 1 aromatic rings. The van der Waals surface area contributed by atoms with Gasteiger partial charge in [-0.25, -0.2) is 0 Å². The van der Waals surface area contributed by atoms with Gasteiger partial charge in [-0.1, -0.05) is 12.1 Å². The fourth-order valence-electron chi connectivity index (χ4n) is 1.63. The summed E-state index contributed by atoms with van der Waals surface area (Å²) < 4.78 is 42.5. The van der Waals surface area contributed by atoms with Gasteiger partial charge in [-0.05, 0) is 30.5 Å². The van der Waals surface area contributed by atoms with Crippen LogP contribution in [0.4, 0.5) is 0 Å². The molecule has 4 N–H and O–H groups in total. The van der Waals surface area contributed by atoms with Crippen molar-refractivity contribution < 1.29 is 23.9 Å². The van der Waals surface area contributed by atoms with Gasteiger partial charge >= 0.3 is 0 Å². The Bertz CT molecular complexity index is 591. The van der Waals surface area contributed by atoms with E-state index in [0.717, 1.165) is 5.56 Å². The van der Waals surface area contributed by atoms with Crippen molar-refractivity contribution in [2.75, 3.05) is 19.4 Å². The number of rotatable bonds is 8. The summed E-state index contributed by atoms with van der Waals surface area (Å²) in [7, 11) is -2.83. The Hall–Kier alpha value is -1.64. The minimum absolute atomic E-state index is 0.00887. The summed E-state index contributed by atoms with van der Waals surface area (Å²) in [5, 5.41) is 2.47. The average Bonchev–Trinajstić information content (AvgIpc) is 2.47. The number of nitrogens with one attached hydrogen (secondary N) is 1. The highest BCUT2D eigenvalue weighted by atomic mass is 32.2. The Morgan fingerprint density at radius 3 is 2.62 bits per heavy atom. The van der Waals surface area contributed by atoms with E-state index in [-0.39, 0.29) is 18.9 Å². The first-order chi connectivity index (χ1) is 10.2. The van der Waals surface area contributed by atoms with Gasteiger partial charge in [0, 0.05) is 8.42 Å². The second-order valence-corrected chi connectivity index (χ2v) is 5.75. The van der Waals surface area contributed by atoms with Crippen molar-refractivity contribution >= 4 is 16.0 Å². The molecule has 8 heteroatoms. The normalized spacial score (nSPS) is 14.9. The van der Waals surface area contributed by atoms with E-state index in [0.29, 0.717) is 12.2 Å². The van der Waals surface area contributed by atoms with Crippen LogP contribution >= 0.6 is 0 Å². The number of carbonyl (C=O) groups is 1. The standard InChI is InChI=1S/C13H20N2O5S/c1-15-13(16)12(14)9-10-3-5-11(6-4-10)20-7-2-8-21(17,18)19/h3-6,12H,2,7-9,14H2,1H3,(H,15,16)(H,17,18,19)/t12-/m0/s1/i8D/t8?,12-. The largest absolute Gasteiger partial charge is 0.494 e. The van der Waals surface area contributed by atoms with E-state index in [1.54, 1.807) is 24.3 Å². The number of amides is 1. The first kappa shape index (κ1) is 15.7. The molecular formula is C13H20N2O5S. The van der Waals surface area contributed by atoms with Crippen LogP contribution in [0.2, 0.25) is 0 Å². The third kappa shape index (κ3) is 7.07. The van der Waals surface area contributed by atoms with Gasteiger partial charge in [-0.15, -0.1) is 0 Å². The SMILES string of the molecule is [2H]C(CCOc1ccc(C[C@H](N)C(=O)NC)cc1)S(=O)(=O)O. The molecule has 0 aromatic heterocycles. The van der Waals surface area contributed by atoms with Crippen LogP contribution in [0.15, 0.2) is 24.3 Å². The maximum Gasteiger partial charge on any atom is 0.264 e. The second kappa shape index (κ2) is 7.96. The maximum atomic E-state index is 11.3. The molecule has 0 saturated carbocycles. The fraction of sp³-hybridized carbons (Fsp3) is 0.462. The van der Waals surface area contributed by atoms with Crippen molar-refractivity contribution in [1.82, 2.24) is 5.32 Å².